The summed E-state index contributed by atoms with van der Waals surface area (Å²) in [6, 6.07) is 2.58. The molecule has 4 heteroatoms. The maximum absolute atomic E-state index is 4.15. The molecule has 1 atom stereocenters. The van der Waals surface area contributed by atoms with Crippen LogP contribution in [0.5, 0.6) is 0 Å². The van der Waals surface area contributed by atoms with Gasteiger partial charge in [-0.1, -0.05) is 20.8 Å². The molecule has 1 aromatic heterocycles. The number of nitrogens with zero attached hydrogens (tertiary/aromatic N) is 2. The van der Waals surface area contributed by atoms with Crippen LogP contribution < -0.4 is 5.32 Å². The Kier molecular flexibility index (Phi) is 4.87. The van der Waals surface area contributed by atoms with E-state index in [1.807, 2.05) is 29.7 Å². The van der Waals surface area contributed by atoms with Crippen molar-refractivity contribution in [1.82, 2.24) is 15.1 Å². The SMILES string of the molecule is C[C@@H](CSC(C)(C)C)NCc1ccnn1C. The Morgan fingerprint density at radius 2 is 2.19 bits per heavy atom. The van der Waals surface area contributed by atoms with E-state index in [0.29, 0.717) is 10.8 Å². The molecule has 0 radical (unpaired) electrons. The first-order valence-corrected chi connectivity index (χ1v) is 6.71. The van der Waals surface area contributed by atoms with Gasteiger partial charge >= 0.3 is 0 Å². The van der Waals surface area contributed by atoms with Crippen LogP contribution in [0, 0.1) is 0 Å². The second-order valence-corrected chi connectivity index (χ2v) is 7.00. The zero-order valence-corrected chi connectivity index (χ0v) is 11.8. The summed E-state index contributed by atoms with van der Waals surface area (Å²) >= 11 is 2.00. The van der Waals surface area contributed by atoms with Crippen LogP contribution in [0.2, 0.25) is 0 Å². The summed E-state index contributed by atoms with van der Waals surface area (Å²) in [6.45, 7) is 9.89. The van der Waals surface area contributed by atoms with Crippen molar-refractivity contribution in [1.29, 1.82) is 0 Å². The van der Waals surface area contributed by atoms with E-state index in [2.05, 4.69) is 44.2 Å². The van der Waals surface area contributed by atoms with Gasteiger partial charge in [0.25, 0.3) is 0 Å². The van der Waals surface area contributed by atoms with Crippen molar-refractivity contribution in [2.75, 3.05) is 5.75 Å². The van der Waals surface area contributed by atoms with Crippen LogP contribution in [0.1, 0.15) is 33.4 Å². The van der Waals surface area contributed by atoms with Crippen LogP contribution in [0.25, 0.3) is 0 Å². The van der Waals surface area contributed by atoms with E-state index in [1.54, 1.807) is 0 Å². The molecule has 0 unspecified atom stereocenters. The zero-order valence-electron chi connectivity index (χ0n) is 10.9. The lowest BCUT2D eigenvalue weighted by molar-refractivity contribution is 0.563. The van der Waals surface area contributed by atoms with Gasteiger partial charge in [-0.3, -0.25) is 4.68 Å². The van der Waals surface area contributed by atoms with Gasteiger partial charge in [0.1, 0.15) is 0 Å². The van der Waals surface area contributed by atoms with E-state index in [1.165, 1.54) is 5.69 Å². The van der Waals surface area contributed by atoms with Crippen LogP contribution in [-0.4, -0.2) is 26.3 Å². The number of hydrogen-bond acceptors (Lipinski definition) is 3. The molecule has 0 bridgehead atoms. The molecule has 0 aliphatic carbocycles. The van der Waals surface area contributed by atoms with E-state index >= 15 is 0 Å². The van der Waals surface area contributed by atoms with Gasteiger partial charge in [-0.05, 0) is 13.0 Å². The number of aromatic nitrogens is 2. The number of nitrogens with one attached hydrogen (secondary N) is 1. The first kappa shape index (κ1) is 13.6. The van der Waals surface area contributed by atoms with E-state index in [0.717, 1.165) is 12.3 Å². The Labute approximate surface area is 103 Å². The molecule has 1 rings (SSSR count). The fourth-order valence-electron chi connectivity index (χ4n) is 1.29. The van der Waals surface area contributed by atoms with Crippen LogP contribution >= 0.6 is 11.8 Å². The third-order valence-corrected chi connectivity index (χ3v) is 3.85. The van der Waals surface area contributed by atoms with Crippen LogP contribution in [0.15, 0.2) is 12.3 Å². The number of aryl methyl sites for hydroxylation is 1. The molecular weight excluding hydrogens is 218 g/mol. The average Bonchev–Trinajstić information content (AvgIpc) is 2.57. The first-order valence-electron chi connectivity index (χ1n) is 5.73. The highest BCUT2D eigenvalue weighted by Crippen LogP contribution is 2.23. The topological polar surface area (TPSA) is 29.9 Å². The Morgan fingerprint density at radius 1 is 1.50 bits per heavy atom. The van der Waals surface area contributed by atoms with E-state index in [9.17, 15) is 0 Å². The molecule has 0 saturated heterocycles. The molecule has 0 aliphatic heterocycles. The summed E-state index contributed by atoms with van der Waals surface area (Å²) < 4.78 is 2.26. The lowest BCUT2D eigenvalue weighted by atomic mass is 10.3. The average molecular weight is 241 g/mol. The molecule has 0 aliphatic rings. The summed E-state index contributed by atoms with van der Waals surface area (Å²) in [5.41, 5.74) is 1.23. The molecule has 1 heterocycles. The van der Waals surface area contributed by atoms with Gasteiger partial charge in [-0.2, -0.15) is 16.9 Å². The third-order valence-electron chi connectivity index (χ3n) is 2.32. The minimum atomic E-state index is 0.350. The van der Waals surface area contributed by atoms with Gasteiger partial charge < -0.3 is 5.32 Å². The third kappa shape index (κ3) is 5.03. The minimum absolute atomic E-state index is 0.350. The second-order valence-electron chi connectivity index (χ2n) is 5.15. The van der Waals surface area contributed by atoms with Crippen molar-refractivity contribution in [2.24, 2.45) is 7.05 Å². The number of thioether (sulfide) groups is 1. The molecule has 3 nitrogen and oxygen atoms in total. The highest BCUT2D eigenvalue weighted by Gasteiger charge is 2.12. The smallest absolute Gasteiger partial charge is 0.0518 e. The maximum Gasteiger partial charge on any atom is 0.0518 e. The quantitative estimate of drug-likeness (QED) is 0.858. The Hall–Kier alpha value is -0.480. The molecule has 0 saturated carbocycles. The monoisotopic (exact) mass is 241 g/mol. The molecule has 0 fully saturated rings. The Balaban J connectivity index is 2.25. The summed E-state index contributed by atoms with van der Waals surface area (Å²) in [5, 5.41) is 7.67. The zero-order chi connectivity index (χ0) is 12.2. The summed E-state index contributed by atoms with van der Waals surface area (Å²) in [7, 11) is 1.98. The van der Waals surface area contributed by atoms with Crippen molar-refractivity contribution in [3.8, 4) is 0 Å². The second kappa shape index (κ2) is 5.73. The van der Waals surface area contributed by atoms with Crippen molar-refractivity contribution >= 4 is 11.8 Å². The van der Waals surface area contributed by atoms with Gasteiger partial charge in [-0.15, -0.1) is 0 Å². The van der Waals surface area contributed by atoms with Gasteiger partial charge in [0.2, 0.25) is 0 Å². The summed E-state index contributed by atoms with van der Waals surface area (Å²) in [6.07, 6.45) is 1.84. The number of hydrogen-bond donors (Lipinski definition) is 1. The molecule has 0 amide bonds. The largest absolute Gasteiger partial charge is 0.308 e. The lowest BCUT2D eigenvalue weighted by Gasteiger charge is -2.21. The van der Waals surface area contributed by atoms with Gasteiger partial charge in [-0.25, -0.2) is 0 Å². The van der Waals surface area contributed by atoms with Gasteiger partial charge in [0, 0.05) is 36.3 Å². The van der Waals surface area contributed by atoms with Crippen molar-refractivity contribution in [3.63, 3.8) is 0 Å². The molecule has 1 aromatic rings. The van der Waals surface area contributed by atoms with Crippen molar-refractivity contribution < 1.29 is 0 Å². The highest BCUT2D eigenvalue weighted by molar-refractivity contribution is 8.00. The van der Waals surface area contributed by atoms with Gasteiger partial charge in [0.15, 0.2) is 0 Å². The minimum Gasteiger partial charge on any atom is -0.308 e. The van der Waals surface area contributed by atoms with Gasteiger partial charge in [0.05, 0.1) is 5.69 Å². The van der Waals surface area contributed by atoms with E-state index in [-0.39, 0.29) is 0 Å². The molecule has 0 spiro atoms. The molecular formula is C12H23N3S. The number of rotatable bonds is 5. The summed E-state index contributed by atoms with van der Waals surface area (Å²) in [4.78, 5) is 0. The van der Waals surface area contributed by atoms with Crippen LogP contribution in [-0.2, 0) is 13.6 Å². The van der Waals surface area contributed by atoms with Crippen LogP contribution in [0.4, 0.5) is 0 Å². The summed E-state index contributed by atoms with van der Waals surface area (Å²) in [5.74, 6) is 1.14. The molecule has 92 valence electrons. The predicted octanol–water partition coefficient (Wildman–Crippen LogP) is 2.43. The van der Waals surface area contributed by atoms with E-state index < -0.39 is 0 Å². The predicted molar refractivity (Wildman–Crippen MR) is 71.7 cm³/mol. The highest BCUT2D eigenvalue weighted by atomic mass is 32.2. The normalized spacial score (nSPS) is 14.1. The van der Waals surface area contributed by atoms with Crippen molar-refractivity contribution in [2.45, 2.75) is 45.0 Å². The molecule has 0 aromatic carbocycles. The Morgan fingerprint density at radius 3 is 2.69 bits per heavy atom. The lowest BCUT2D eigenvalue weighted by Crippen LogP contribution is -2.30. The van der Waals surface area contributed by atoms with Crippen LogP contribution in [0.3, 0.4) is 0 Å². The Bertz CT molecular complexity index is 314. The molecule has 16 heavy (non-hydrogen) atoms. The maximum atomic E-state index is 4.15. The standard InChI is InChI=1S/C12H23N3S/c1-10(9-16-12(2,3)4)13-8-11-6-7-14-15(11)5/h6-7,10,13H,8-9H2,1-5H3/t10-/m0/s1. The van der Waals surface area contributed by atoms with E-state index in [4.69, 9.17) is 0 Å². The molecule has 1 N–H and O–H groups in total. The fraction of sp³-hybridized carbons (Fsp3) is 0.750. The van der Waals surface area contributed by atoms with Crippen molar-refractivity contribution in [3.05, 3.63) is 18.0 Å². The first-order chi connectivity index (χ1) is 7.38. The fourth-order valence-corrected chi connectivity index (χ4v) is 2.16.